The highest BCUT2D eigenvalue weighted by Crippen LogP contribution is 2.44. The molecule has 1 amide bonds. The van der Waals surface area contributed by atoms with Gasteiger partial charge < -0.3 is 19.5 Å². The first-order valence-corrected chi connectivity index (χ1v) is 11.1. The first-order chi connectivity index (χ1) is 14.4. The molecule has 30 heavy (non-hydrogen) atoms. The van der Waals surface area contributed by atoms with E-state index in [2.05, 4.69) is 6.92 Å². The lowest BCUT2D eigenvalue weighted by Crippen LogP contribution is -2.45. The van der Waals surface area contributed by atoms with E-state index < -0.39 is 6.16 Å². The van der Waals surface area contributed by atoms with Crippen molar-refractivity contribution >= 4 is 29.1 Å². The summed E-state index contributed by atoms with van der Waals surface area (Å²) in [7, 11) is 1.60. The number of rotatable bonds is 7. The van der Waals surface area contributed by atoms with Crippen LogP contribution in [0.5, 0.6) is 5.06 Å². The molecule has 0 bridgehead atoms. The van der Waals surface area contributed by atoms with E-state index in [1.165, 1.54) is 11.3 Å². The van der Waals surface area contributed by atoms with Crippen LogP contribution in [-0.2, 0) is 9.53 Å². The largest absolute Gasteiger partial charge is 0.512 e. The topological polar surface area (TPSA) is 76.1 Å². The maximum absolute atomic E-state index is 13.6. The molecular formula is C23H29NO5S. The smallest absolute Gasteiger partial charge is 0.449 e. The fourth-order valence-corrected chi connectivity index (χ4v) is 5.02. The van der Waals surface area contributed by atoms with Crippen molar-refractivity contribution in [3.63, 3.8) is 0 Å². The Balaban J connectivity index is 2.01. The van der Waals surface area contributed by atoms with Crippen LogP contribution in [0.2, 0.25) is 0 Å². The Morgan fingerprint density at radius 3 is 2.47 bits per heavy atom. The quantitative estimate of drug-likeness (QED) is 0.572. The molecule has 1 aromatic carbocycles. The highest BCUT2D eigenvalue weighted by molar-refractivity contribution is 7.18. The SMILES string of the molecule is COCC(C)N(C(=O)C1CCC(C)CC1)c1cc(-c2ccccc2)sc1OC(=O)O. The number of carboxylic acid groups (broad SMARTS) is 1. The second kappa shape index (κ2) is 10.1. The maximum atomic E-state index is 13.6. The zero-order valence-electron chi connectivity index (χ0n) is 17.7. The zero-order chi connectivity index (χ0) is 21.7. The van der Waals surface area contributed by atoms with E-state index >= 15 is 0 Å². The molecule has 1 atom stereocenters. The van der Waals surface area contributed by atoms with Crippen LogP contribution in [-0.4, -0.2) is 36.9 Å². The molecule has 2 aromatic rings. The van der Waals surface area contributed by atoms with Gasteiger partial charge in [-0.25, -0.2) is 4.79 Å². The molecule has 1 N–H and O–H groups in total. The van der Waals surface area contributed by atoms with Crippen molar-refractivity contribution in [3.05, 3.63) is 36.4 Å². The average molecular weight is 432 g/mol. The van der Waals surface area contributed by atoms with E-state index in [1.54, 1.807) is 12.0 Å². The van der Waals surface area contributed by atoms with Gasteiger partial charge in [-0.2, -0.15) is 0 Å². The lowest BCUT2D eigenvalue weighted by atomic mass is 9.82. The first-order valence-electron chi connectivity index (χ1n) is 10.3. The van der Waals surface area contributed by atoms with Crippen molar-refractivity contribution in [2.24, 2.45) is 11.8 Å². The highest BCUT2D eigenvalue weighted by atomic mass is 32.1. The summed E-state index contributed by atoms with van der Waals surface area (Å²) in [5.41, 5.74) is 1.44. The number of carbonyl (C=O) groups is 2. The van der Waals surface area contributed by atoms with Crippen LogP contribution in [0.3, 0.4) is 0 Å². The van der Waals surface area contributed by atoms with Gasteiger partial charge in [0, 0.05) is 17.9 Å². The third-order valence-electron chi connectivity index (χ3n) is 5.63. The van der Waals surface area contributed by atoms with Crippen molar-refractivity contribution in [1.82, 2.24) is 0 Å². The van der Waals surface area contributed by atoms with Crippen LogP contribution in [0.15, 0.2) is 36.4 Å². The van der Waals surface area contributed by atoms with Gasteiger partial charge in [0.1, 0.15) is 0 Å². The normalized spacial score (nSPS) is 19.8. The molecule has 0 saturated heterocycles. The summed E-state index contributed by atoms with van der Waals surface area (Å²) in [6, 6.07) is 11.3. The van der Waals surface area contributed by atoms with Gasteiger partial charge in [0.2, 0.25) is 11.0 Å². The predicted molar refractivity (Wildman–Crippen MR) is 118 cm³/mol. The standard InChI is InChI=1S/C23H29NO5S/c1-15-9-11-18(12-10-15)21(25)24(16(2)14-28-3)19-13-20(17-7-5-4-6-8-17)30-22(19)29-23(26)27/h4-8,13,15-16,18H,9-12,14H2,1-3H3,(H,26,27). The molecule has 0 spiro atoms. The Labute approximate surface area is 181 Å². The first kappa shape index (κ1) is 22.3. The average Bonchev–Trinajstić information content (AvgIpc) is 3.12. The van der Waals surface area contributed by atoms with Crippen molar-refractivity contribution < 1.29 is 24.2 Å². The summed E-state index contributed by atoms with van der Waals surface area (Å²) in [6.45, 7) is 4.48. The molecule has 1 aliphatic rings. The van der Waals surface area contributed by atoms with Gasteiger partial charge in [-0.1, -0.05) is 48.6 Å². The zero-order valence-corrected chi connectivity index (χ0v) is 18.5. The molecule has 1 unspecified atom stereocenters. The number of methoxy groups -OCH3 is 1. The highest BCUT2D eigenvalue weighted by Gasteiger charge is 2.34. The summed E-state index contributed by atoms with van der Waals surface area (Å²) in [5, 5.41) is 9.48. The molecule has 0 aliphatic heterocycles. The van der Waals surface area contributed by atoms with Crippen LogP contribution in [0.25, 0.3) is 10.4 Å². The molecule has 1 saturated carbocycles. The van der Waals surface area contributed by atoms with Crippen LogP contribution >= 0.6 is 11.3 Å². The van der Waals surface area contributed by atoms with Crippen molar-refractivity contribution in [1.29, 1.82) is 0 Å². The minimum absolute atomic E-state index is 0.0131. The minimum atomic E-state index is -1.39. The van der Waals surface area contributed by atoms with Gasteiger partial charge in [0.15, 0.2) is 0 Å². The number of amides is 1. The second-order valence-electron chi connectivity index (χ2n) is 7.99. The molecule has 1 fully saturated rings. The fourth-order valence-electron chi connectivity index (χ4n) is 4.02. The molecule has 7 heteroatoms. The molecule has 6 nitrogen and oxygen atoms in total. The number of hydrogen-bond acceptors (Lipinski definition) is 5. The molecule has 3 rings (SSSR count). The lowest BCUT2D eigenvalue weighted by molar-refractivity contribution is -0.124. The van der Waals surface area contributed by atoms with Crippen molar-refractivity contribution in [2.75, 3.05) is 18.6 Å². The van der Waals surface area contributed by atoms with Crippen molar-refractivity contribution in [2.45, 2.75) is 45.6 Å². The van der Waals surface area contributed by atoms with Gasteiger partial charge in [-0.3, -0.25) is 4.79 Å². The van der Waals surface area contributed by atoms with E-state index in [9.17, 15) is 14.7 Å². The summed E-state index contributed by atoms with van der Waals surface area (Å²) < 4.78 is 10.4. The Morgan fingerprint density at radius 1 is 1.20 bits per heavy atom. The predicted octanol–water partition coefficient (Wildman–Crippen LogP) is 5.67. The monoisotopic (exact) mass is 431 g/mol. The number of anilines is 1. The Kier molecular flexibility index (Phi) is 7.50. The molecule has 1 aromatic heterocycles. The van der Waals surface area contributed by atoms with Crippen LogP contribution < -0.4 is 9.64 Å². The van der Waals surface area contributed by atoms with Crippen LogP contribution in [0.1, 0.15) is 39.5 Å². The number of benzene rings is 1. The molecular weight excluding hydrogens is 402 g/mol. The molecule has 1 heterocycles. The van der Waals surface area contributed by atoms with Crippen LogP contribution in [0.4, 0.5) is 10.5 Å². The Bertz CT molecular complexity index is 858. The molecule has 162 valence electrons. The second-order valence-corrected chi connectivity index (χ2v) is 9.00. The Morgan fingerprint density at radius 2 is 1.87 bits per heavy atom. The summed E-state index contributed by atoms with van der Waals surface area (Å²) in [5.74, 6) is 0.577. The van der Waals surface area contributed by atoms with E-state index in [4.69, 9.17) is 9.47 Å². The minimum Gasteiger partial charge on any atom is -0.449 e. The van der Waals surface area contributed by atoms with E-state index in [0.29, 0.717) is 18.2 Å². The summed E-state index contributed by atoms with van der Waals surface area (Å²) in [6.07, 6.45) is 2.36. The van der Waals surface area contributed by atoms with E-state index in [0.717, 1.165) is 36.1 Å². The van der Waals surface area contributed by atoms with Gasteiger partial charge in [-0.05, 0) is 50.2 Å². The third-order valence-corrected chi connectivity index (χ3v) is 6.68. The van der Waals surface area contributed by atoms with Gasteiger partial charge in [0.05, 0.1) is 18.3 Å². The summed E-state index contributed by atoms with van der Waals surface area (Å²) in [4.78, 5) is 27.5. The van der Waals surface area contributed by atoms with Gasteiger partial charge in [0.25, 0.3) is 0 Å². The molecule has 1 aliphatic carbocycles. The number of nitrogens with zero attached hydrogens (tertiary/aromatic N) is 1. The number of thiophene rings is 1. The molecule has 0 radical (unpaired) electrons. The summed E-state index contributed by atoms with van der Waals surface area (Å²) >= 11 is 1.23. The van der Waals surface area contributed by atoms with E-state index in [1.807, 2.05) is 43.3 Å². The van der Waals surface area contributed by atoms with Gasteiger partial charge in [-0.15, -0.1) is 0 Å². The number of carbonyl (C=O) groups excluding carboxylic acids is 1. The van der Waals surface area contributed by atoms with E-state index in [-0.39, 0.29) is 22.9 Å². The maximum Gasteiger partial charge on any atom is 0.512 e. The fraction of sp³-hybridized carbons (Fsp3) is 0.478. The van der Waals surface area contributed by atoms with Gasteiger partial charge >= 0.3 is 6.16 Å². The Hall–Kier alpha value is -2.38. The third kappa shape index (κ3) is 5.21. The lowest BCUT2D eigenvalue weighted by Gasteiger charge is -2.34. The number of hydrogen-bond donors (Lipinski definition) is 1. The number of ether oxygens (including phenoxy) is 2. The van der Waals surface area contributed by atoms with Crippen molar-refractivity contribution in [3.8, 4) is 15.5 Å². The van der Waals surface area contributed by atoms with Crippen LogP contribution in [0, 0.1) is 11.8 Å².